The van der Waals surface area contributed by atoms with E-state index in [1.807, 2.05) is 12.1 Å². The second-order valence-electron chi connectivity index (χ2n) is 7.10. The van der Waals surface area contributed by atoms with E-state index >= 15 is 0 Å². The fourth-order valence-electron chi connectivity index (χ4n) is 2.86. The number of likely N-dealkylation sites (N-methyl/N-ethyl adjacent to an activating group) is 1. The minimum absolute atomic E-state index is 0.0410. The summed E-state index contributed by atoms with van der Waals surface area (Å²) in [5.41, 5.74) is 0.973. The molecule has 3 rings (SSSR count). The van der Waals surface area contributed by atoms with Crippen molar-refractivity contribution in [3.63, 3.8) is 0 Å². The molecule has 7 nitrogen and oxygen atoms in total. The maximum Gasteiger partial charge on any atom is 0.262 e. The summed E-state index contributed by atoms with van der Waals surface area (Å²) in [6.07, 6.45) is 0. The molecule has 0 spiro atoms. The van der Waals surface area contributed by atoms with Crippen LogP contribution in [0.5, 0.6) is 5.75 Å². The van der Waals surface area contributed by atoms with Gasteiger partial charge in [-0.2, -0.15) is 0 Å². The fourth-order valence-corrected chi connectivity index (χ4v) is 3.21. The molecule has 0 aliphatic carbocycles. The summed E-state index contributed by atoms with van der Waals surface area (Å²) in [7, 11) is 1.49. The number of anilines is 2. The molecular formula is C24H20F2IN3O4. The van der Waals surface area contributed by atoms with Gasteiger partial charge in [-0.15, -0.1) is 0 Å². The first-order chi connectivity index (χ1) is 16.2. The SMILES string of the molecule is CN(C(=O)CNC(=O)c1ccc(F)cc1OCC(=O)Nc1ccc(I)cc1)c1ccc(F)cc1. The molecule has 2 N–H and O–H groups in total. The Bertz CT molecular complexity index is 1190. The van der Waals surface area contributed by atoms with E-state index in [1.165, 1.54) is 42.3 Å². The summed E-state index contributed by atoms with van der Waals surface area (Å²) in [6, 6.07) is 15.6. The van der Waals surface area contributed by atoms with Crippen LogP contribution >= 0.6 is 22.6 Å². The fraction of sp³-hybridized carbons (Fsp3) is 0.125. The van der Waals surface area contributed by atoms with E-state index in [0.29, 0.717) is 11.4 Å². The molecule has 3 aromatic carbocycles. The van der Waals surface area contributed by atoms with Crippen molar-refractivity contribution in [3.8, 4) is 5.75 Å². The van der Waals surface area contributed by atoms with Gasteiger partial charge in [-0.25, -0.2) is 8.78 Å². The highest BCUT2D eigenvalue weighted by molar-refractivity contribution is 14.1. The molecule has 0 fully saturated rings. The largest absolute Gasteiger partial charge is 0.483 e. The Morgan fingerprint density at radius 1 is 0.941 bits per heavy atom. The second-order valence-corrected chi connectivity index (χ2v) is 8.34. The summed E-state index contributed by atoms with van der Waals surface area (Å²) in [4.78, 5) is 38.4. The Balaban J connectivity index is 1.60. The molecule has 0 saturated carbocycles. The first kappa shape index (κ1) is 25.1. The smallest absolute Gasteiger partial charge is 0.262 e. The van der Waals surface area contributed by atoms with Crippen molar-refractivity contribution in [3.05, 3.63) is 87.5 Å². The number of ether oxygens (including phenoxy) is 1. The van der Waals surface area contributed by atoms with Gasteiger partial charge in [0.15, 0.2) is 6.61 Å². The molecule has 0 bridgehead atoms. The minimum Gasteiger partial charge on any atom is -0.483 e. The quantitative estimate of drug-likeness (QED) is 0.396. The van der Waals surface area contributed by atoms with Gasteiger partial charge in [-0.1, -0.05) is 0 Å². The van der Waals surface area contributed by atoms with Gasteiger partial charge < -0.3 is 20.3 Å². The van der Waals surface area contributed by atoms with Gasteiger partial charge in [0.05, 0.1) is 12.1 Å². The first-order valence-electron chi connectivity index (χ1n) is 10.0. The van der Waals surface area contributed by atoms with Crippen molar-refractivity contribution in [1.82, 2.24) is 5.32 Å². The van der Waals surface area contributed by atoms with Crippen LogP contribution in [0, 0.1) is 15.2 Å². The lowest BCUT2D eigenvalue weighted by atomic mass is 10.2. The van der Waals surface area contributed by atoms with Crippen LogP contribution in [-0.4, -0.2) is 37.9 Å². The number of carbonyl (C=O) groups is 3. The molecule has 176 valence electrons. The number of carbonyl (C=O) groups excluding carboxylic acids is 3. The number of rotatable bonds is 8. The number of amides is 3. The average Bonchev–Trinajstić information content (AvgIpc) is 2.82. The van der Waals surface area contributed by atoms with Gasteiger partial charge in [0, 0.05) is 28.1 Å². The van der Waals surface area contributed by atoms with Gasteiger partial charge in [-0.3, -0.25) is 14.4 Å². The maximum atomic E-state index is 13.8. The van der Waals surface area contributed by atoms with Crippen LogP contribution in [0.15, 0.2) is 66.7 Å². The number of hydrogen-bond acceptors (Lipinski definition) is 4. The van der Waals surface area contributed by atoms with E-state index < -0.39 is 36.0 Å². The molecule has 0 heterocycles. The summed E-state index contributed by atoms with van der Waals surface area (Å²) in [6.45, 7) is -0.821. The highest BCUT2D eigenvalue weighted by atomic mass is 127. The molecule has 0 aromatic heterocycles. The molecular weight excluding hydrogens is 559 g/mol. The van der Waals surface area contributed by atoms with Crippen molar-refractivity contribution in [2.45, 2.75) is 0 Å². The van der Waals surface area contributed by atoms with Crippen molar-refractivity contribution in [2.24, 2.45) is 0 Å². The van der Waals surface area contributed by atoms with E-state index in [4.69, 9.17) is 4.74 Å². The van der Waals surface area contributed by atoms with Gasteiger partial charge in [-0.05, 0) is 83.3 Å². The van der Waals surface area contributed by atoms with Crippen LogP contribution < -0.4 is 20.3 Å². The molecule has 0 aliphatic heterocycles. The van der Waals surface area contributed by atoms with Crippen molar-refractivity contribution in [2.75, 3.05) is 30.4 Å². The number of benzene rings is 3. The predicted octanol–water partition coefficient (Wildman–Crippen LogP) is 3.98. The van der Waals surface area contributed by atoms with E-state index in [1.54, 1.807) is 12.1 Å². The lowest BCUT2D eigenvalue weighted by molar-refractivity contribution is -0.118. The summed E-state index contributed by atoms with van der Waals surface area (Å²) in [5, 5.41) is 5.08. The maximum absolute atomic E-state index is 13.8. The zero-order chi connectivity index (χ0) is 24.7. The summed E-state index contributed by atoms with van der Waals surface area (Å²) in [5.74, 6) is -2.87. The Morgan fingerprint density at radius 3 is 2.26 bits per heavy atom. The predicted molar refractivity (Wildman–Crippen MR) is 132 cm³/mol. The monoisotopic (exact) mass is 579 g/mol. The van der Waals surface area contributed by atoms with E-state index in [2.05, 4.69) is 33.2 Å². The summed E-state index contributed by atoms with van der Waals surface area (Å²) < 4.78 is 33.2. The Labute approximate surface area is 208 Å². The van der Waals surface area contributed by atoms with Crippen LogP contribution in [0.25, 0.3) is 0 Å². The standard InChI is InChI=1S/C24H20F2IN3O4/c1-30(19-9-2-15(25)3-10-19)23(32)13-28-24(33)20-11-4-16(26)12-21(20)34-14-22(31)29-18-7-5-17(27)6-8-18/h2-12H,13-14H2,1H3,(H,28,33)(H,29,31). The molecule has 0 atom stereocenters. The van der Waals surface area contributed by atoms with Gasteiger partial charge >= 0.3 is 0 Å². The number of hydrogen-bond donors (Lipinski definition) is 2. The third-order valence-electron chi connectivity index (χ3n) is 4.66. The molecule has 0 unspecified atom stereocenters. The van der Waals surface area contributed by atoms with E-state index in [0.717, 1.165) is 15.7 Å². The van der Waals surface area contributed by atoms with Crippen LogP contribution in [-0.2, 0) is 9.59 Å². The van der Waals surface area contributed by atoms with E-state index in [-0.39, 0.29) is 17.9 Å². The third kappa shape index (κ3) is 6.98. The topological polar surface area (TPSA) is 87.7 Å². The van der Waals surface area contributed by atoms with Gasteiger partial charge in [0.2, 0.25) is 5.91 Å². The van der Waals surface area contributed by atoms with E-state index in [9.17, 15) is 23.2 Å². The second kappa shape index (κ2) is 11.5. The normalized spacial score (nSPS) is 10.4. The molecule has 0 radical (unpaired) electrons. The lowest BCUT2D eigenvalue weighted by Gasteiger charge is -2.18. The zero-order valence-electron chi connectivity index (χ0n) is 18.0. The van der Waals surface area contributed by atoms with Crippen LogP contribution in [0.4, 0.5) is 20.2 Å². The highest BCUT2D eigenvalue weighted by Gasteiger charge is 2.18. The Morgan fingerprint density at radius 2 is 1.59 bits per heavy atom. The summed E-state index contributed by atoms with van der Waals surface area (Å²) >= 11 is 2.14. The van der Waals surface area contributed by atoms with Gasteiger partial charge in [0.1, 0.15) is 17.4 Å². The molecule has 3 aromatic rings. The lowest BCUT2D eigenvalue weighted by Crippen LogP contribution is -2.38. The van der Waals surface area contributed by atoms with Crippen LogP contribution in [0.1, 0.15) is 10.4 Å². The van der Waals surface area contributed by atoms with Gasteiger partial charge in [0.25, 0.3) is 11.8 Å². The highest BCUT2D eigenvalue weighted by Crippen LogP contribution is 2.20. The first-order valence-corrected chi connectivity index (χ1v) is 11.1. The number of halogens is 3. The van der Waals surface area contributed by atoms with Crippen molar-refractivity contribution in [1.29, 1.82) is 0 Å². The molecule has 10 heteroatoms. The third-order valence-corrected chi connectivity index (χ3v) is 5.38. The number of nitrogens with zero attached hydrogens (tertiary/aromatic N) is 1. The molecule has 34 heavy (non-hydrogen) atoms. The van der Waals surface area contributed by atoms with Crippen LogP contribution in [0.3, 0.4) is 0 Å². The molecule has 3 amide bonds. The molecule has 0 aliphatic rings. The van der Waals surface area contributed by atoms with Crippen molar-refractivity contribution < 1.29 is 27.9 Å². The molecule has 0 saturated heterocycles. The average molecular weight is 579 g/mol. The zero-order valence-corrected chi connectivity index (χ0v) is 20.1. The Hall–Kier alpha value is -3.54. The Kier molecular flexibility index (Phi) is 8.52. The van der Waals surface area contributed by atoms with Crippen LogP contribution in [0.2, 0.25) is 0 Å². The minimum atomic E-state index is -0.686. The van der Waals surface area contributed by atoms with Crippen molar-refractivity contribution >= 4 is 51.7 Å². The number of nitrogens with one attached hydrogen (secondary N) is 2.